The van der Waals surface area contributed by atoms with Crippen molar-refractivity contribution in [1.29, 1.82) is 0 Å². The second-order valence-corrected chi connectivity index (χ2v) is 7.28. The van der Waals surface area contributed by atoms with Gasteiger partial charge in [0.25, 0.3) is 0 Å². The van der Waals surface area contributed by atoms with Crippen LogP contribution in [0.5, 0.6) is 5.75 Å². The van der Waals surface area contributed by atoms with Crippen molar-refractivity contribution in [3.63, 3.8) is 0 Å². The van der Waals surface area contributed by atoms with Crippen molar-refractivity contribution < 1.29 is 19.1 Å². The normalized spacial score (nSPS) is 10.8. The van der Waals surface area contributed by atoms with E-state index < -0.39 is 5.97 Å². The molecule has 0 aliphatic carbocycles. The van der Waals surface area contributed by atoms with Crippen LogP contribution < -0.4 is 4.74 Å². The number of nitrogens with zero attached hydrogens (tertiary/aromatic N) is 2. The summed E-state index contributed by atoms with van der Waals surface area (Å²) < 4.78 is 12.3. The Morgan fingerprint density at radius 2 is 2.07 bits per heavy atom. The van der Waals surface area contributed by atoms with Crippen LogP contribution >= 0.6 is 11.8 Å². The van der Waals surface area contributed by atoms with Crippen molar-refractivity contribution in [2.75, 3.05) is 19.5 Å². The molecule has 0 fully saturated rings. The smallest absolute Gasteiger partial charge is 0.340 e. The number of carbonyl (C=O) groups excluding carboxylic acids is 2. The average Bonchev–Trinajstić information content (AvgIpc) is 3.30. The molecule has 0 amide bonds. The molecule has 3 aromatic rings. The average molecular weight is 413 g/mol. The van der Waals surface area contributed by atoms with E-state index in [1.165, 1.54) is 11.8 Å². The van der Waals surface area contributed by atoms with E-state index >= 15 is 0 Å². The van der Waals surface area contributed by atoms with Gasteiger partial charge in [0, 0.05) is 24.2 Å². The Morgan fingerprint density at radius 3 is 2.79 bits per heavy atom. The van der Waals surface area contributed by atoms with Crippen LogP contribution in [0, 0.1) is 13.8 Å². The Labute approximate surface area is 173 Å². The van der Waals surface area contributed by atoms with Gasteiger partial charge < -0.3 is 14.5 Å². The first kappa shape index (κ1) is 20.7. The predicted octanol–water partition coefficient (Wildman–Crippen LogP) is 3.98. The number of imidazole rings is 1. The maximum atomic E-state index is 12.8. The van der Waals surface area contributed by atoms with E-state index in [-0.39, 0.29) is 18.1 Å². The van der Waals surface area contributed by atoms with Gasteiger partial charge in [0.2, 0.25) is 0 Å². The number of esters is 1. The number of hydrogen-bond acceptors (Lipinski definition) is 6. The van der Waals surface area contributed by atoms with Crippen molar-refractivity contribution >= 4 is 23.5 Å². The molecule has 0 unspecified atom stereocenters. The van der Waals surface area contributed by atoms with E-state index in [0.29, 0.717) is 27.7 Å². The van der Waals surface area contributed by atoms with Crippen LogP contribution in [0.3, 0.4) is 0 Å². The minimum atomic E-state index is -0.418. The molecule has 0 bridgehead atoms. The van der Waals surface area contributed by atoms with E-state index in [0.717, 1.165) is 11.4 Å². The number of H-pyrrole nitrogens is 1. The number of benzene rings is 1. The van der Waals surface area contributed by atoms with Crippen LogP contribution in [0.15, 0.2) is 41.8 Å². The second kappa shape index (κ2) is 9.00. The van der Waals surface area contributed by atoms with E-state index in [1.807, 2.05) is 35.0 Å². The summed E-state index contributed by atoms with van der Waals surface area (Å²) in [5.74, 6) is 0.405. The number of hydrogen-bond donors (Lipinski definition) is 1. The number of thioether (sulfide) groups is 1. The molecule has 0 atom stereocenters. The molecular formula is C21H23N3O4S. The number of ketones is 1. The molecule has 2 heterocycles. The predicted molar refractivity (Wildman–Crippen MR) is 111 cm³/mol. The van der Waals surface area contributed by atoms with Gasteiger partial charge >= 0.3 is 5.97 Å². The third kappa shape index (κ3) is 4.37. The van der Waals surface area contributed by atoms with Crippen molar-refractivity contribution in [2.24, 2.45) is 0 Å². The number of aryl methyl sites for hydroxylation is 1. The topological polar surface area (TPSA) is 86.2 Å². The maximum absolute atomic E-state index is 12.8. The minimum Gasteiger partial charge on any atom is -0.497 e. The molecule has 0 spiro atoms. The summed E-state index contributed by atoms with van der Waals surface area (Å²) in [4.78, 5) is 32.3. The molecule has 3 rings (SSSR count). The lowest BCUT2D eigenvalue weighted by atomic mass is 10.1. The minimum absolute atomic E-state index is 0.105. The number of methoxy groups -OCH3 is 1. The zero-order chi connectivity index (χ0) is 21.0. The van der Waals surface area contributed by atoms with E-state index in [2.05, 4.69) is 9.97 Å². The molecule has 0 aliphatic heterocycles. The summed E-state index contributed by atoms with van der Waals surface area (Å²) in [6.45, 7) is 5.56. The maximum Gasteiger partial charge on any atom is 0.340 e. The molecule has 8 heteroatoms. The quantitative estimate of drug-likeness (QED) is 0.342. The monoisotopic (exact) mass is 413 g/mol. The molecule has 0 aliphatic rings. The van der Waals surface area contributed by atoms with Crippen LogP contribution in [-0.4, -0.2) is 45.8 Å². The standard InChI is InChI=1S/C21H23N3O4S/c1-5-28-20(26)18-13(2)19(23-14(18)3)17(25)12-29-21-22-9-10-24(21)15-7-6-8-16(11-15)27-4/h6-11,23H,5,12H2,1-4H3. The third-order valence-electron chi connectivity index (χ3n) is 4.47. The highest BCUT2D eigenvalue weighted by Crippen LogP contribution is 2.25. The fourth-order valence-corrected chi connectivity index (χ4v) is 3.94. The largest absolute Gasteiger partial charge is 0.497 e. The van der Waals surface area contributed by atoms with Gasteiger partial charge in [0.15, 0.2) is 10.9 Å². The highest BCUT2D eigenvalue weighted by atomic mass is 32.2. The summed E-state index contributed by atoms with van der Waals surface area (Å²) in [6.07, 6.45) is 3.53. The van der Waals surface area contributed by atoms with Gasteiger partial charge in [-0.25, -0.2) is 9.78 Å². The number of aromatic nitrogens is 3. The highest BCUT2D eigenvalue weighted by Gasteiger charge is 2.23. The van der Waals surface area contributed by atoms with Crippen molar-refractivity contribution in [2.45, 2.75) is 25.9 Å². The Hall–Kier alpha value is -3.00. The van der Waals surface area contributed by atoms with Gasteiger partial charge in [-0.05, 0) is 38.5 Å². The highest BCUT2D eigenvalue weighted by molar-refractivity contribution is 7.99. The van der Waals surface area contributed by atoms with E-state index in [1.54, 1.807) is 34.1 Å². The Balaban J connectivity index is 1.77. The third-order valence-corrected chi connectivity index (χ3v) is 5.43. The molecular weight excluding hydrogens is 390 g/mol. The first-order valence-electron chi connectivity index (χ1n) is 9.16. The molecule has 152 valence electrons. The molecule has 2 aromatic heterocycles. The first-order valence-corrected chi connectivity index (χ1v) is 10.1. The lowest BCUT2D eigenvalue weighted by molar-refractivity contribution is 0.0525. The van der Waals surface area contributed by atoms with Crippen LogP contribution in [-0.2, 0) is 4.74 Å². The number of Topliss-reactive ketones (excluding diaryl/α,β-unsaturated/α-hetero) is 1. The Kier molecular flexibility index (Phi) is 6.43. The van der Waals surface area contributed by atoms with Crippen LogP contribution in [0.1, 0.15) is 39.0 Å². The van der Waals surface area contributed by atoms with Crippen LogP contribution in [0.2, 0.25) is 0 Å². The molecule has 0 radical (unpaired) electrons. The van der Waals surface area contributed by atoms with Gasteiger partial charge in [-0.1, -0.05) is 17.8 Å². The van der Waals surface area contributed by atoms with E-state index in [9.17, 15) is 9.59 Å². The zero-order valence-electron chi connectivity index (χ0n) is 16.8. The van der Waals surface area contributed by atoms with Gasteiger partial charge in [-0.15, -0.1) is 0 Å². The first-order chi connectivity index (χ1) is 14.0. The summed E-state index contributed by atoms with van der Waals surface area (Å²) in [7, 11) is 1.62. The van der Waals surface area contributed by atoms with Gasteiger partial charge in [-0.2, -0.15) is 0 Å². The van der Waals surface area contributed by atoms with Crippen molar-refractivity contribution in [3.05, 3.63) is 59.2 Å². The van der Waals surface area contributed by atoms with E-state index in [4.69, 9.17) is 9.47 Å². The Bertz CT molecular complexity index is 1040. The van der Waals surface area contributed by atoms with Crippen LogP contribution in [0.25, 0.3) is 5.69 Å². The molecule has 0 saturated heterocycles. The summed E-state index contributed by atoms with van der Waals surface area (Å²) in [6, 6.07) is 7.61. The fourth-order valence-electron chi connectivity index (χ4n) is 3.09. The number of rotatable bonds is 8. The van der Waals surface area contributed by atoms with Crippen molar-refractivity contribution in [3.8, 4) is 11.4 Å². The lowest BCUT2D eigenvalue weighted by Gasteiger charge is -2.09. The molecule has 1 N–H and O–H groups in total. The lowest BCUT2D eigenvalue weighted by Crippen LogP contribution is -2.09. The zero-order valence-corrected chi connectivity index (χ0v) is 17.6. The summed E-state index contributed by atoms with van der Waals surface area (Å²) in [5.41, 5.74) is 3.00. The number of nitrogens with one attached hydrogen (secondary N) is 1. The second-order valence-electron chi connectivity index (χ2n) is 6.34. The molecule has 29 heavy (non-hydrogen) atoms. The molecule has 1 aromatic carbocycles. The fraction of sp³-hybridized carbons (Fsp3) is 0.286. The van der Waals surface area contributed by atoms with Gasteiger partial charge in [0.1, 0.15) is 5.75 Å². The van der Waals surface area contributed by atoms with Gasteiger partial charge in [0.05, 0.1) is 36.4 Å². The molecule has 0 saturated carbocycles. The molecule has 7 nitrogen and oxygen atoms in total. The van der Waals surface area contributed by atoms with Crippen molar-refractivity contribution in [1.82, 2.24) is 14.5 Å². The number of aromatic amines is 1. The Morgan fingerprint density at radius 1 is 1.28 bits per heavy atom. The number of ether oxygens (including phenoxy) is 2. The summed E-state index contributed by atoms with van der Waals surface area (Å²) in [5, 5.41) is 0.693. The SMILES string of the molecule is CCOC(=O)c1c(C)[nH]c(C(=O)CSc2nccn2-c2cccc(OC)c2)c1C. The van der Waals surface area contributed by atoms with Crippen LogP contribution in [0.4, 0.5) is 0 Å². The van der Waals surface area contributed by atoms with Gasteiger partial charge in [-0.3, -0.25) is 9.36 Å². The number of carbonyl (C=O) groups is 2. The summed E-state index contributed by atoms with van der Waals surface area (Å²) >= 11 is 1.33.